The van der Waals surface area contributed by atoms with Gasteiger partial charge in [0, 0.05) is 44.0 Å². The number of fused-ring (bicyclic) bond motifs is 1. The molecule has 9 nitrogen and oxygen atoms in total. The minimum Gasteiger partial charge on any atom is -0.494 e. The maximum absolute atomic E-state index is 12.9. The third-order valence-electron chi connectivity index (χ3n) is 7.92. The van der Waals surface area contributed by atoms with Crippen LogP contribution >= 0.6 is 0 Å². The number of rotatable bonds is 7. The first-order chi connectivity index (χ1) is 17.4. The molecule has 1 aromatic carbocycles. The smallest absolute Gasteiger partial charge is 0.249 e. The van der Waals surface area contributed by atoms with Crippen LogP contribution in [0.4, 0.5) is 28.8 Å². The van der Waals surface area contributed by atoms with Gasteiger partial charge in [0.2, 0.25) is 11.9 Å². The zero-order chi connectivity index (χ0) is 25.4. The second-order valence-corrected chi connectivity index (χ2v) is 10.3. The van der Waals surface area contributed by atoms with Gasteiger partial charge in [0.15, 0.2) is 5.82 Å². The summed E-state index contributed by atoms with van der Waals surface area (Å²) in [5, 5.41) is 3.36. The molecule has 0 saturated carbocycles. The number of likely N-dealkylation sites (tertiary alicyclic amines) is 1. The third kappa shape index (κ3) is 4.45. The molecule has 0 unspecified atom stereocenters. The highest BCUT2D eigenvalue weighted by Gasteiger charge is 2.38. The number of nitrogens with one attached hydrogen (secondary N) is 1. The van der Waals surface area contributed by atoms with E-state index in [1.54, 1.807) is 25.3 Å². The van der Waals surface area contributed by atoms with Crippen molar-refractivity contribution in [3.63, 3.8) is 0 Å². The SMILES string of the molecule is CC[C@@H]1C(=O)N(C)c2cnc(Nc3ccc(N4CCC(N5CCC5)CC4)cc3OC)nc2N1C(C)C. The van der Waals surface area contributed by atoms with Crippen LogP contribution in [0.1, 0.15) is 46.5 Å². The predicted octanol–water partition coefficient (Wildman–Crippen LogP) is 3.87. The average molecular weight is 494 g/mol. The topological polar surface area (TPSA) is 77.1 Å². The molecule has 0 radical (unpaired) electrons. The van der Waals surface area contributed by atoms with E-state index in [0.29, 0.717) is 5.95 Å². The quantitative estimate of drug-likeness (QED) is 0.623. The maximum Gasteiger partial charge on any atom is 0.249 e. The molecule has 194 valence electrons. The Kier molecular flexibility index (Phi) is 6.92. The van der Waals surface area contributed by atoms with Gasteiger partial charge in [-0.05, 0) is 64.8 Å². The van der Waals surface area contributed by atoms with Crippen LogP contribution in [-0.4, -0.2) is 79.2 Å². The molecular formula is C27H39N7O2. The van der Waals surface area contributed by atoms with Crippen LogP contribution in [-0.2, 0) is 4.79 Å². The summed E-state index contributed by atoms with van der Waals surface area (Å²) < 4.78 is 5.76. The van der Waals surface area contributed by atoms with Gasteiger partial charge >= 0.3 is 0 Å². The van der Waals surface area contributed by atoms with E-state index in [1.165, 1.54) is 38.0 Å². The van der Waals surface area contributed by atoms with E-state index in [0.717, 1.165) is 48.5 Å². The van der Waals surface area contributed by atoms with Crippen molar-refractivity contribution in [3.8, 4) is 5.75 Å². The van der Waals surface area contributed by atoms with Gasteiger partial charge in [-0.3, -0.25) is 4.79 Å². The zero-order valence-electron chi connectivity index (χ0n) is 22.2. The Hall–Kier alpha value is -3.07. The highest BCUT2D eigenvalue weighted by atomic mass is 16.5. The van der Waals surface area contributed by atoms with Crippen LogP contribution < -0.4 is 24.8 Å². The molecule has 36 heavy (non-hydrogen) atoms. The molecule has 5 rings (SSSR count). The van der Waals surface area contributed by atoms with E-state index in [9.17, 15) is 4.79 Å². The lowest BCUT2D eigenvalue weighted by Gasteiger charge is -2.43. The van der Waals surface area contributed by atoms with Crippen LogP contribution in [0.15, 0.2) is 24.4 Å². The third-order valence-corrected chi connectivity index (χ3v) is 7.92. The van der Waals surface area contributed by atoms with Crippen LogP contribution in [0.3, 0.4) is 0 Å². The molecule has 1 atom stereocenters. The van der Waals surface area contributed by atoms with Crippen LogP contribution in [0.25, 0.3) is 0 Å². The highest BCUT2D eigenvalue weighted by molar-refractivity contribution is 6.04. The summed E-state index contributed by atoms with van der Waals surface area (Å²) in [5.74, 6) is 2.10. The highest BCUT2D eigenvalue weighted by Crippen LogP contribution is 2.38. The zero-order valence-corrected chi connectivity index (χ0v) is 22.2. The minimum absolute atomic E-state index is 0.0779. The van der Waals surface area contributed by atoms with Gasteiger partial charge in [0.05, 0.1) is 19.0 Å². The summed E-state index contributed by atoms with van der Waals surface area (Å²) in [5.41, 5.74) is 2.73. The molecular weight excluding hydrogens is 454 g/mol. The fourth-order valence-corrected chi connectivity index (χ4v) is 5.73. The monoisotopic (exact) mass is 493 g/mol. The summed E-state index contributed by atoms with van der Waals surface area (Å²) in [4.78, 5) is 31.2. The van der Waals surface area contributed by atoms with Crippen molar-refractivity contribution >= 4 is 34.7 Å². The second kappa shape index (κ2) is 10.1. The number of hydrogen-bond donors (Lipinski definition) is 1. The number of benzene rings is 1. The molecule has 1 N–H and O–H groups in total. The number of methoxy groups -OCH3 is 1. The fourth-order valence-electron chi connectivity index (χ4n) is 5.73. The summed E-state index contributed by atoms with van der Waals surface area (Å²) in [6.07, 6.45) is 6.23. The number of carbonyl (C=O) groups excluding carboxylic acids is 1. The van der Waals surface area contributed by atoms with E-state index in [-0.39, 0.29) is 18.0 Å². The van der Waals surface area contributed by atoms with E-state index in [1.807, 2.05) is 13.0 Å². The summed E-state index contributed by atoms with van der Waals surface area (Å²) in [6.45, 7) is 10.9. The molecule has 3 aliphatic rings. The number of hydrogen-bond acceptors (Lipinski definition) is 8. The van der Waals surface area contributed by atoms with Gasteiger partial charge < -0.3 is 29.7 Å². The second-order valence-electron chi connectivity index (χ2n) is 10.3. The largest absolute Gasteiger partial charge is 0.494 e. The van der Waals surface area contributed by atoms with Crippen LogP contribution in [0, 0.1) is 0 Å². The van der Waals surface area contributed by atoms with Crippen molar-refractivity contribution in [3.05, 3.63) is 24.4 Å². The lowest BCUT2D eigenvalue weighted by Crippen LogP contribution is -2.54. The van der Waals surface area contributed by atoms with Crippen molar-refractivity contribution in [2.45, 2.75) is 64.6 Å². The van der Waals surface area contributed by atoms with Gasteiger partial charge in [-0.15, -0.1) is 0 Å². The molecule has 1 amide bonds. The van der Waals surface area contributed by atoms with E-state index in [2.05, 4.69) is 51.0 Å². The maximum atomic E-state index is 12.9. The van der Waals surface area contributed by atoms with E-state index >= 15 is 0 Å². The lowest BCUT2D eigenvalue weighted by molar-refractivity contribution is -0.120. The molecule has 3 aliphatic heterocycles. The predicted molar refractivity (Wildman–Crippen MR) is 145 cm³/mol. The number of piperidine rings is 1. The van der Waals surface area contributed by atoms with Crippen molar-refractivity contribution in [1.82, 2.24) is 14.9 Å². The minimum atomic E-state index is -0.232. The Bertz CT molecular complexity index is 1100. The number of ether oxygens (including phenoxy) is 1. The average Bonchev–Trinajstić information content (AvgIpc) is 2.85. The van der Waals surface area contributed by atoms with E-state index in [4.69, 9.17) is 9.72 Å². The Balaban J connectivity index is 1.35. The first-order valence-electron chi connectivity index (χ1n) is 13.3. The Morgan fingerprint density at radius 1 is 1.17 bits per heavy atom. The molecule has 2 aromatic rings. The van der Waals surface area contributed by atoms with Gasteiger partial charge in [-0.1, -0.05) is 6.92 Å². The summed E-state index contributed by atoms with van der Waals surface area (Å²) in [6, 6.07) is 6.93. The molecule has 0 aliphatic carbocycles. The van der Waals surface area contributed by atoms with Crippen LogP contribution in [0.5, 0.6) is 5.75 Å². The number of anilines is 5. The van der Waals surface area contributed by atoms with Gasteiger partial charge in [0.1, 0.15) is 17.5 Å². The Labute approximate surface area is 214 Å². The van der Waals surface area contributed by atoms with E-state index < -0.39 is 0 Å². The molecule has 2 fully saturated rings. The lowest BCUT2D eigenvalue weighted by atomic mass is 9.99. The molecule has 4 heterocycles. The van der Waals surface area contributed by atoms with Crippen molar-refractivity contribution < 1.29 is 9.53 Å². The molecule has 0 bridgehead atoms. The van der Waals surface area contributed by atoms with Crippen molar-refractivity contribution in [2.24, 2.45) is 0 Å². The first-order valence-corrected chi connectivity index (χ1v) is 13.3. The van der Waals surface area contributed by atoms with Gasteiger partial charge in [-0.2, -0.15) is 4.98 Å². The van der Waals surface area contributed by atoms with Gasteiger partial charge in [-0.25, -0.2) is 4.98 Å². The number of nitrogens with zero attached hydrogens (tertiary/aromatic N) is 6. The number of likely N-dealkylation sites (N-methyl/N-ethyl adjacent to an activating group) is 1. The number of amides is 1. The summed E-state index contributed by atoms with van der Waals surface area (Å²) in [7, 11) is 3.49. The van der Waals surface area contributed by atoms with Crippen molar-refractivity contribution in [2.75, 3.05) is 60.4 Å². The fraction of sp³-hybridized carbons (Fsp3) is 0.593. The normalized spacial score (nSPS) is 21.0. The molecule has 0 spiro atoms. The Morgan fingerprint density at radius 3 is 2.53 bits per heavy atom. The number of aromatic nitrogens is 2. The first kappa shape index (κ1) is 24.6. The molecule has 2 saturated heterocycles. The summed E-state index contributed by atoms with van der Waals surface area (Å²) >= 11 is 0. The van der Waals surface area contributed by atoms with Crippen LogP contribution in [0.2, 0.25) is 0 Å². The Morgan fingerprint density at radius 2 is 1.92 bits per heavy atom. The standard InChI is InChI=1S/C27H39N7O2/c1-6-22-26(35)31(4)23-17-28-27(30-25(23)34(22)18(2)3)29-21-9-8-20(16-24(21)36-5)33-14-10-19(11-15-33)32-12-7-13-32/h8-9,16-19,22H,6-7,10-15H2,1-5H3,(H,28,29,30)/t22-/m1/s1. The van der Waals surface area contributed by atoms with Gasteiger partial charge in [0.25, 0.3) is 0 Å². The molecule has 9 heteroatoms. The number of carbonyl (C=O) groups is 1. The van der Waals surface area contributed by atoms with Crippen molar-refractivity contribution in [1.29, 1.82) is 0 Å². The molecule has 1 aromatic heterocycles.